The van der Waals surface area contributed by atoms with Gasteiger partial charge in [-0.3, -0.25) is 14.5 Å². The van der Waals surface area contributed by atoms with Gasteiger partial charge >= 0.3 is 0 Å². The summed E-state index contributed by atoms with van der Waals surface area (Å²) in [7, 11) is 0. The van der Waals surface area contributed by atoms with E-state index in [-0.39, 0.29) is 22.5 Å². The summed E-state index contributed by atoms with van der Waals surface area (Å²) in [6.07, 6.45) is 0.823. The van der Waals surface area contributed by atoms with E-state index < -0.39 is 6.04 Å². The molecule has 6 nitrogen and oxygen atoms in total. The minimum atomic E-state index is -0.443. The molecule has 1 amide bonds. The van der Waals surface area contributed by atoms with Crippen LogP contribution in [0.4, 0.5) is 0 Å². The Morgan fingerprint density at radius 2 is 1.65 bits per heavy atom. The molecule has 3 aromatic rings. The summed E-state index contributed by atoms with van der Waals surface area (Å²) in [6, 6.07) is 15.0. The largest absolute Gasteiger partial charge is 0.450 e. The Bertz CT molecular complexity index is 1250. The molecule has 0 N–H and O–H groups in total. The van der Waals surface area contributed by atoms with Crippen molar-refractivity contribution in [1.82, 2.24) is 9.80 Å². The highest BCUT2D eigenvalue weighted by atomic mass is 16.5. The molecule has 0 saturated carbocycles. The second-order valence-corrected chi connectivity index (χ2v) is 10.3. The number of amides is 1. The van der Waals surface area contributed by atoms with Crippen molar-refractivity contribution in [3.63, 3.8) is 0 Å². The number of hydrogen-bond acceptors (Lipinski definition) is 5. The first kappa shape index (κ1) is 22.8. The quantitative estimate of drug-likeness (QED) is 0.566. The number of benzene rings is 2. The Balaban J connectivity index is 1.52. The molecule has 2 aliphatic rings. The van der Waals surface area contributed by atoms with Gasteiger partial charge in [0.1, 0.15) is 5.58 Å². The first-order valence-corrected chi connectivity index (χ1v) is 12.1. The van der Waals surface area contributed by atoms with Crippen molar-refractivity contribution in [2.45, 2.75) is 38.6 Å². The Morgan fingerprint density at radius 3 is 2.35 bits per heavy atom. The van der Waals surface area contributed by atoms with Crippen LogP contribution in [-0.2, 0) is 10.2 Å². The number of fused-ring (bicyclic) bond motifs is 2. The first-order valence-electron chi connectivity index (χ1n) is 12.1. The minimum Gasteiger partial charge on any atom is -0.450 e. The molecule has 0 radical (unpaired) electrons. The molecule has 1 unspecified atom stereocenters. The Morgan fingerprint density at radius 1 is 0.941 bits per heavy atom. The first-order chi connectivity index (χ1) is 16.3. The van der Waals surface area contributed by atoms with Crippen molar-refractivity contribution in [3.05, 3.63) is 81.2 Å². The molecular formula is C28H32N2O4. The second-order valence-electron chi connectivity index (χ2n) is 10.3. The number of nitrogens with zero attached hydrogens (tertiary/aromatic N) is 2. The molecule has 0 bridgehead atoms. The van der Waals surface area contributed by atoms with Crippen molar-refractivity contribution in [2.75, 3.05) is 39.4 Å². The normalized spacial score (nSPS) is 19.1. The van der Waals surface area contributed by atoms with Gasteiger partial charge in [-0.15, -0.1) is 0 Å². The predicted octanol–water partition coefficient (Wildman–Crippen LogP) is 4.36. The lowest BCUT2D eigenvalue weighted by Crippen LogP contribution is -2.38. The van der Waals surface area contributed by atoms with Crippen molar-refractivity contribution in [3.8, 4) is 0 Å². The zero-order valence-electron chi connectivity index (χ0n) is 20.2. The maximum Gasteiger partial charge on any atom is 0.290 e. The molecule has 2 aliphatic heterocycles. The van der Waals surface area contributed by atoms with Gasteiger partial charge in [0.2, 0.25) is 5.76 Å². The molecule has 0 spiro atoms. The molecule has 1 fully saturated rings. The fourth-order valence-electron chi connectivity index (χ4n) is 5.00. The summed E-state index contributed by atoms with van der Waals surface area (Å²) in [6.45, 7) is 11.3. The number of carbonyl (C=O) groups excluding carboxylic acids is 1. The van der Waals surface area contributed by atoms with Gasteiger partial charge in [0.05, 0.1) is 30.2 Å². The van der Waals surface area contributed by atoms with Crippen LogP contribution in [0.15, 0.2) is 57.7 Å². The van der Waals surface area contributed by atoms with Gasteiger partial charge in [-0.1, -0.05) is 57.2 Å². The number of morpholine rings is 1. The third kappa shape index (κ3) is 4.17. The maximum atomic E-state index is 13.6. The highest BCUT2D eigenvalue weighted by Gasteiger charge is 2.42. The number of hydrogen-bond donors (Lipinski definition) is 0. The third-order valence-electron chi connectivity index (χ3n) is 6.94. The zero-order valence-corrected chi connectivity index (χ0v) is 20.2. The van der Waals surface area contributed by atoms with Crippen molar-refractivity contribution < 1.29 is 13.9 Å². The van der Waals surface area contributed by atoms with Gasteiger partial charge in [-0.05, 0) is 35.1 Å². The van der Waals surface area contributed by atoms with Crippen LogP contribution in [0.3, 0.4) is 0 Å². The lowest BCUT2D eigenvalue weighted by atomic mass is 9.86. The number of rotatable bonds is 5. The molecule has 1 atom stereocenters. The topological polar surface area (TPSA) is 63.0 Å². The van der Waals surface area contributed by atoms with Crippen molar-refractivity contribution in [2.24, 2.45) is 0 Å². The molecule has 3 heterocycles. The van der Waals surface area contributed by atoms with Crippen LogP contribution in [0, 0.1) is 0 Å². The van der Waals surface area contributed by atoms with Gasteiger partial charge in [0.15, 0.2) is 5.43 Å². The third-order valence-corrected chi connectivity index (χ3v) is 6.94. The Labute approximate surface area is 200 Å². The van der Waals surface area contributed by atoms with E-state index in [2.05, 4.69) is 49.9 Å². The fraction of sp³-hybridized carbons (Fsp3) is 0.429. The van der Waals surface area contributed by atoms with Crippen LogP contribution in [-0.4, -0.2) is 55.1 Å². The number of carbonyl (C=O) groups is 1. The average molecular weight is 461 g/mol. The summed E-state index contributed by atoms with van der Waals surface area (Å²) < 4.78 is 11.5. The van der Waals surface area contributed by atoms with Crippen LogP contribution in [0.25, 0.3) is 11.0 Å². The smallest absolute Gasteiger partial charge is 0.290 e. The molecule has 6 heteroatoms. The second kappa shape index (κ2) is 9.01. The maximum absolute atomic E-state index is 13.6. The lowest BCUT2D eigenvalue weighted by molar-refractivity contribution is 0.0353. The summed E-state index contributed by atoms with van der Waals surface area (Å²) in [5, 5.41) is 0.514. The van der Waals surface area contributed by atoms with E-state index in [1.54, 1.807) is 12.1 Å². The van der Waals surface area contributed by atoms with Crippen molar-refractivity contribution >= 4 is 16.9 Å². The van der Waals surface area contributed by atoms with Crippen molar-refractivity contribution in [1.29, 1.82) is 0 Å². The Kier molecular flexibility index (Phi) is 6.04. The van der Waals surface area contributed by atoms with Gasteiger partial charge in [-0.25, -0.2) is 0 Å². The molecule has 34 heavy (non-hydrogen) atoms. The molecule has 0 aliphatic carbocycles. The standard InChI is InChI=1S/C28H32N2O4/c1-28(2,3)20-11-9-19(10-12-20)24-23-25(31)21-7-4-5-8-22(21)34-26(23)27(32)30(24)14-6-13-29-15-17-33-18-16-29/h4-5,7-12,24H,6,13-18H2,1-3H3. The molecule has 1 aromatic heterocycles. The van der Waals surface area contributed by atoms with E-state index in [1.165, 1.54) is 5.56 Å². The fourth-order valence-corrected chi connectivity index (χ4v) is 5.00. The number of ether oxygens (including phenoxy) is 1. The minimum absolute atomic E-state index is 0.0228. The van der Waals surface area contributed by atoms with E-state index in [1.807, 2.05) is 17.0 Å². The van der Waals surface area contributed by atoms with Crippen LogP contribution < -0.4 is 5.43 Å². The van der Waals surface area contributed by atoms with Crippen LogP contribution in [0.2, 0.25) is 0 Å². The SMILES string of the molecule is CC(C)(C)c1ccc(C2c3c(oc4ccccc4c3=O)C(=O)N2CCCN2CCOCC2)cc1. The summed E-state index contributed by atoms with van der Waals surface area (Å²) in [5.74, 6) is -0.0234. The Hall–Kier alpha value is -2.96. The van der Waals surface area contributed by atoms with Gasteiger partial charge in [0.25, 0.3) is 5.91 Å². The summed E-state index contributed by atoms with van der Waals surface area (Å²) in [4.78, 5) is 31.3. The van der Waals surface area contributed by atoms with Crippen LogP contribution in [0.1, 0.15) is 60.5 Å². The van der Waals surface area contributed by atoms with Gasteiger partial charge in [-0.2, -0.15) is 0 Å². The molecule has 1 saturated heterocycles. The van der Waals surface area contributed by atoms with E-state index in [0.29, 0.717) is 23.1 Å². The molecule has 2 aromatic carbocycles. The molecule has 5 rings (SSSR count). The zero-order chi connectivity index (χ0) is 23.9. The molecular weight excluding hydrogens is 428 g/mol. The van der Waals surface area contributed by atoms with E-state index >= 15 is 0 Å². The van der Waals surface area contributed by atoms with Crippen LogP contribution in [0.5, 0.6) is 0 Å². The van der Waals surface area contributed by atoms with E-state index in [4.69, 9.17) is 9.15 Å². The van der Waals surface area contributed by atoms with E-state index in [9.17, 15) is 9.59 Å². The van der Waals surface area contributed by atoms with Gasteiger partial charge in [0, 0.05) is 26.2 Å². The highest BCUT2D eigenvalue weighted by Crippen LogP contribution is 2.38. The van der Waals surface area contributed by atoms with Crippen LogP contribution >= 0.6 is 0 Å². The lowest BCUT2D eigenvalue weighted by Gasteiger charge is -2.29. The van der Waals surface area contributed by atoms with Gasteiger partial charge < -0.3 is 14.1 Å². The summed E-state index contributed by atoms with van der Waals surface area (Å²) in [5.41, 5.74) is 2.97. The average Bonchev–Trinajstić information content (AvgIpc) is 3.11. The predicted molar refractivity (Wildman–Crippen MR) is 132 cm³/mol. The highest BCUT2D eigenvalue weighted by molar-refractivity contribution is 5.99. The number of para-hydroxylation sites is 1. The monoisotopic (exact) mass is 460 g/mol. The van der Waals surface area contributed by atoms with E-state index in [0.717, 1.165) is 44.8 Å². The summed E-state index contributed by atoms with van der Waals surface area (Å²) >= 11 is 0. The molecule has 178 valence electrons.